The first-order chi connectivity index (χ1) is 15.0. The van der Waals surface area contributed by atoms with E-state index in [1.54, 1.807) is 0 Å². The molecule has 2 aromatic heterocycles. The number of aromatic nitrogens is 3. The van der Waals surface area contributed by atoms with Gasteiger partial charge in [-0.3, -0.25) is 0 Å². The zero-order valence-electron chi connectivity index (χ0n) is 17.5. The summed E-state index contributed by atoms with van der Waals surface area (Å²) in [6.45, 7) is 3.32. The van der Waals surface area contributed by atoms with E-state index in [9.17, 15) is 43.2 Å². The Labute approximate surface area is 187 Å². The second kappa shape index (κ2) is 11.3. The zero-order chi connectivity index (χ0) is 25.5. The molecule has 0 saturated carbocycles. The van der Waals surface area contributed by atoms with Crippen molar-refractivity contribution in [2.75, 3.05) is 0 Å². The van der Waals surface area contributed by atoms with Crippen molar-refractivity contribution in [1.29, 1.82) is 0 Å². The minimum absolute atomic E-state index is 0.778. The fourth-order valence-electron chi connectivity index (χ4n) is 2.45. The monoisotopic (exact) mass is 524 g/mol. The third-order valence-corrected chi connectivity index (χ3v) is 6.74. The van der Waals surface area contributed by atoms with Crippen molar-refractivity contribution in [3.8, 4) is 11.5 Å². The van der Waals surface area contributed by atoms with Gasteiger partial charge in [-0.05, 0) is 25.0 Å². The number of nitrogens with zero attached hydrogens (tertiary/aromatic N) is 4. The van der Waals surface area contributed by atoms with Gasteiger partial charge < -0.3 is 4.13 Å². The minimum atomic E-state index is -6.72. The van der Waals surface area contributed by atoms with Gasteiger partial charge in [0.1, 0.15) is 12.4 Å². The summed E-state index contributed by atoms with van der Waals surface area (Å²) in [4.78, 5) is 4.45. The molecule has 0 N–H and O–H groups in total. The molecule has 16 heteroatoms. The molecule has 2 aromatic rings. The lowest BCUT2D eigenvalue weighted by Crippen LogP contribution is -2.30. The zero-order valence-corrected chi connectivity index (χ0v) is 19.1. The standard InChI is InChI=1S/C15H22N3.C2F6NO4S2/c1-3-4-5-8-11-18-13-12-17(2)15(18)14-9-6-7-10-16-14;3-1(4,5)14(10,11)9-15(12,13)2(6,7)8/h6-7,9-10,12-13H,3-5,8,11H2,1-2H3;/q+1;-1. The highest BCUT2D eigenvalue weighted by Gasteiger charge is 2.46. The van der Waals surface area contributed by atoms with Crippen LogP contribution >= 0.6 is 0 Å². The smallest absolute Gasteiger partial charge is 0.421 e. The molecular weight excluding hydrogens is 502 g/mol. The minimum Gasteiger partial charge on any atom is -0.421 e. The van der Waals surface area contributed by atoms with E-state index in [1.807, 2.05) is 18.3 Å². The van der Waals surface area contributed by atoms with Crippen molar-refractivity contribution < 1.29 is 47.7 Å². The molecule has 2 rings (SSSR count). The predicted octanol–water partition coefficient (Wildman–Crippen LogP) is 4.01. The van der Waals surface area contributed by atoms with Gasteiger partial charge in [-0.25, -0.2) is 31.0 Å². The summed E-state index contributed by atoms with van der Waals surface area (Å²) in [5.74, 6) is 1.19. The average molecular weight is 525 g/mol. The Morgan fingerprint density at radius 2 is 1.55 bits per heavy atom. The largest absolute Gasteiger partial charge is 0.480 e. The summed E-state index contributed by atoms with van der Waals surface area (Å²) in [7, 11) is -11.4. The molecule has 0 spiro atoms. The van der Waals surface area contributed by atoms with E-state index < -0.39 is 31.1 Å². The quantitative estimate of drug-likeness (QED) is 0.295. The molecule has 0 saturated heterocycles. The topological polar surface area (TPSA) is 104 Å². The van der Waals surface area contributed by atoms with Crippen LogP contribution in [0.15, 0.2) is 36.8 Å². The van der Waals surface area contributed by atoms with E-state index in [4.69, 9.17) is 0 Å². The van der Waals surface area contributed by atoms with Crippen molar-refractivity contribution in [2.24, 2.45) is 7.05 Å². The molecule has 0 aliphatic heterocycles. The van der Waals surface area contributed by atoms with E-state index in [2.05, 4.69) is 46.5 Å². The molecule has 8 nitrogen and oxygen atoms in total. The van der Waals surface area contributed by atoms with Crippen LogP contribution < -0.4 is 4.57 Å². The Balaban J connectivity index is 0.000000337. The maximum atomic E-state index is 11.4. The van der Waals surface area contributed by atoms with Crippen LogP contribution in [0.25, 0.3) is 15.6 Å². The van der Waals surface area contributed by atoms with Gasteiger partial charge in [-0.2, -0.15) is 26.3 Å². The highest BCUT2D eigenvalue weighted by atomic mass is 32.3. The van der Waals surface area contributed by atoms with Crippen molar-refractivity contribution in [2.45, 2.75) is 50.2 Å². The van der Waals surface area contributed by atoms with Gasteiger partial charge in [-0.15, -0.1) is 0 Å². The summed E-state index contributed by atoms with van der Waals surface area (Å²) in [5.41, 5.74) is -11.4. The fraction of sp³-hybridized carbons (Fsp3) is 0.529. The number of hydrogen-bond acceptors (Lipinski definition) is 5. The number of hydrogen-bond donors (Lipinski definition) is 0. The van der Waals surface area contributed by atoms with E-state index in [0.29, 0.717) is 0 Å². The molecule has 0 atom stereocenters. The van der Waals surface area contributed by atoms with Crippen LogP contribution in [-0.2, 0) is 33.6 Å². The molecule has 0 radical (unpaired) electrons. The van der Waals surface area contributed by atoms with E-state index in [-0.39, 0.29) is 0 Å². The molecule has 2 heterocycles. The van der Waals surface area contributed by atoms with Crippen LogP contribution in [0, 0.1) is 0 Å². The molecule has 0 aromatic carbocycles. The van der Waals surface area contributed by atoms with E-state index >= 15 is 0 Å². The summed E-state index contributed by atoms with van der Waals surface area (Å²) in [6, 6.07) is 6.06. The molecule has 0 amide bonds. The van der Waals surface area contributed by atoms with Crippen LogP contribution in [0.1, 0.15) is 32.6 Å². The fourth-order valence-corrected chi connectivity index (χ4v) is 4.16. The van der Waals surface area contributed by atoms with Crippen LogP contribution in [0.3, 0.4) is 0 Å². The number of unbranched alkanes of at least 4 members (excludes halogenated alkanes) is 3. The van der Waals surface area contributed by atoms with Crippen LogP contribution in [0.2, 0.25) is 0 Å². The maximum absolute atomic E-state index is 11.4. The number of halogens is 6. The first-order valence-corrected chi connectivity index (χ1v) is 12.2. The summed E-state index contributed by atoms with van der Waals surface area (Å²) >= 11 is 0. The highest BCUT2D eigenvalue weighted by molar-refractivity contribution is 8.13. The van der Waals surface area contributed by atoms with Crippen LogP contribution in [-0.4, -0.2) is 37.4 Å². The third kappa shape index (κ3) is 8.26. The third-order valence-electron chi connectivity index (χ3n) is 4.00. The Kier molecular flexibility index (Phi) is 9.86. The van der Waals surface area contributed by atoms with Crippen molar-refractivity contribution in [3.63, 3.8) is 0 Å². The van der Waals surface area contributed by atoms with Crippen molar-refractivity contribution in [3.05, 3.63) is 40.9 Å². The van der Waals surface area contributed by atoms with Gasteiger partial charge in [-0.1, -0.05) is 25.8 Å². The SMILES string of the molecule is CCCCCCn1cc[n+](C)c1-c1ccccn1.O=S(=O)([N-]S(=O)(=O)C(F)(F)F)C(F)(F)F. The summed E-state index contributed by atoms with van der Waals surface area (Å²) in [6.07, 6.45) is 11.3. The van der Waals surface area contributed by atoms with Crippen molar-refractivity contribution >= 4 is 20.0 Å². The Morgan fingerprint density at radius 1 is 0.970 bits per heavy atom. The summed E-state index contributed by atoms with van der Waals surface area (Å²) < 4.78 is 114. The Morgan fingerprint density at radius 3 is 2.00 bits per heavy atom. The number of alkyl halides is 6. The molecule has 188 valence electrons. The van der Waals surface area contributed by atoms with Gasteiger partial charge in [0.2, 0.25) is 0 Å². The first kappa shape index (κ1) is 28.8. The second-order valence-corrected chi connectivity index (χ2v) is 10.0. The average Bonchev–Trinajstić information content (AvgIpc) is 3.04. The molecule has 0 aliphatic rings. The first-order valence-electron chi connectivity index (χ1n) is 9.36. The molecule has 0 unspecified atom stereocenters. The number of imidazole rings is 1. The molecule has 33 heavy (non-hydrogen) atoms. The van der Waals surface area contributed by atoms with Gasteiger partial charge in [0.15, 0.2) is 25.7 Å². The number of rotatable bonds is 8. The lowest BCUT2D eigenvalue weighted by molar-refractivity contribution is -0.659. The highest BCUT2D eigenvalue weighted by Crippen LogP contribution is 2.36. The number of aryl methyl sites for hydroxylation is 2. The lowest BCUT2D eigenvalue weighted by atomic mass is 10.2. The van der Waals surface area contributed by atoms with Gasteiger partial charge in [0, 0.05) is 6.20 Å². The second-order valence-electron chi connectivity index (χ2n) is 6.62. The number of pyridine rings is 1. The molecule has 0 fully saturated rings. The maximum Gasteiger partial charge on any atom is 0.480 e. The molecular formula is C17H22F6N4O4S2. The van der Waals surface area contributed by atoms with E-state index in [0.717, 1.165) is 16.4 Å². The molecule has 0 bridgehead atoms. The van der Waals surface area contributed by atoms with E-state index in [1.165, 1.54) is 31.5 Å². The predicted molar refractivity (Wildman–Crippen MR) is 106 cm³/mol. The summed E-state index contributed by atoms with van der Waals surface area (Å²) in [5, 5.41) is 0. The van der Waals surface area contributed by atoms with Crippen molar-refractivity contribution in [1.82, 2.24) is 9.55 Å². The number of sulfonamides is 2. The van der Waals surface area contributed by atoms with Gasteiger partial charge in [0.25, 0.3) is 0 Å². The lowest BCUT2D eigenvalue weighted by Gasteiger charge is -2.22. The Bertz CT molecular complexity index is 1060. The van der Waals surface area contributed by atoms with Gasteiger partial charge >= 0.3 is 16.8 Å². The van der Waals surface area contributed by atoms with Gasteiger partial charge in [0.05, 0.1) is 13.6 Å². The van der Waals surface area contributed by atoms with Crippen LogP contribution in [0.5, 0.6) is 0 Å². The molecule has 0 aliphatic carbocycles. The normalized spacial score (nSPS) is 12.8. The Hall–Kier alpha value is -2.20. The van der Waals surface area contributed by atoms with Crippen LogP contribution in [0.4, 0.5) is 26.3 Å².